The van der Waals surface area contributed by atoms with Crippen LogP contribution in [-0.2, 0) is 5.41 Å². The minimum absolute atomic E-state index is 0.218. The summed E-state index contributed by atoms with van der Waals surface area (Å²) in [7, 11) is 1.98. The van der Waals surface area contributed by atoms with Crippen molar-refractivity contribution in [1.82, 2.24) is 10.0 Å². The fraction of sp³-hybridized carbons (Fsp3) is 0.429. The van der Waals surface area contributed by atoms with Crippen LogP contribution in [0.2, 0.25) is 0 Å². The molecule has 90 valence electrons. The van der Waals surface area contributed by atoms with Crippen LogP contribution >= 0.6 is 0 Å². The van der Waals surface area contributed by atoms with E-state index in [0.29, 0.717) is 0 Å². The maximum Gasteiger partial charge on any atom is 0.0431 e. The average Bonchev–Trinajstić information content (AvgIpc) is 2.64. The van der Waals surface area contributed by atoms with Gasteiger partial charge in [-0.3, -0.25) is 0 Å². The monoisotopic (exact) mass is 228 g/mol. The lowest BCUT2D eigenvalue weighted by Crippen LogP contribution is -2.22. The van der Waals surface area contributed by atoms with E-state index in [1.54, 1.807) is 0 Å². The molecule has 0 radical (unpaired) electrons. The quantitative estimate of drug-likeness (QED) is 0.680. The second kappa shape index (κ2) is 3.50. The van der Waals surface area contributed by atoms with Crippen LogP contribution in [0.25, 0.3) is 11.2 Å². The Labute approximate surface area is 103 Å². The maximum absolute atomic E-state index is 4.51. The Hall–Kier alpha value is -1.48. The molecule has 0 amide bonds. The fourth-order valence-electron chi connectivity index (χ4n) is 2.68. The second-order valence-corrected chi connectivity index (χ2v) is 5.48. The summed E-state index contributed by atoms with van der Waals surface area (Å²) in [6.45, 7) is 5.62. The van der Waals surface area contributed by atoms with Crippen molar-refractivity contribution in [2.45, 2.75) is 25.7 Å². The van der Waals surface area contributed by atoms with Crippen molar-refractivity contribution in [3.05, 3.63) is 47.1 Å². The van der Waals surface area contributed by atoms with Crippen LogP contribution in [0.4, 0.5) is 0 Å². The normalized spacial score (nSPS) is 21.7. The number of benzene rings is 1. The van der Waals surface area contributed by atoms with Crippen molar-refractivity contribution < 1.29 is 0 Å². The van der Waals surface area contributed by atoms with E-state index in [4.69, 9.17) is 0 Å². The first-order valence-corrected chi connectivity index (χ1v) is 6.11. The van der Waals surface area contributed by atoms with Gasteiger partial charge in [0, 0.05) is 24.0 Å². The molecule has 0 atom stereocenters. The summed E-state index contributed by atoms with van der Waals surface area (Å²) >= 11 is 0. The smallest absolute Gasteiger partial charge is 0.0431 e. The molecule has 0 saturated heterocycles. The summed E-state index contributed by atoms with van der Waals surface area (Å²) in [5.41, 5.74) is 8.71. The highest BCUT2D eigenvalue weighted by Crippen LogP contribution is 2.41. The summed E-state index contributed by atoms with van der Waals surface area (Å²) in [6, 6.07) is 8.69. The second-order valence-electron chi connectivity index (χ2n) is 5.48. The van der Waals surface area contributed by atoms with E-state index in [1.165, 1.54) is 16.8 Å². The van der Waals surface area contributed by atoms with E-state index in [0.717, 1.165) is 13.0 Å². The molecule has 1 aromatic rings. The molecule has 17 heavy (non-hydrogen) atoms. The van der Waals surface area contributed by atoms with Gasteiger partial charge in [0.15, 0.2) is 0 Å². The molecule has 0 fully saturated rings. The zero-order valence-corrected chi connectivity index (χ0v) is 10.6. The molecule has 0 saturated carbocycles. The highest BCUT2D eigenvalue weighted by Gasteiger charge is 2.29. The number of fused-ring (bicyclic) bond motifs is 3. The summed E-state index contributed by atoms with van der Waals surface area (Å²) in [5, 5.41) is 4.01. The molecule has 1 aromatic carbocycles. The van der Waals surface area contributed by atoms with E-state index < -0.39 is 0 Å². The van der Waals surface area contributed by atoms with Gasteiger partial charge in [-0.1, -0.05) is 38.1 Å². The minimum Gasteiger partial charge on any atom is -0.475 e. The Morgan fingerprint density at radius 3 is 2.82 bits per heavy atom. The van der Waals surface area contributed by atoms with Crippen molar-refractivity contribution in [3.8, 4) is 0 Å². The van der Waals surface area contributed by atoms with Gasteiger partial charge in [-0.15, -0.1) is 0 Å². The standard InChI is InChI=1S/C14H18N3/c1-14(2)8-9-17-13(10-16(3)15-17)11-6-4-5-7-12(11)14/h4-7,10H,8-9H2,1-3H3/q-1. The lowest BCUT2D eigenvalue weighted by Gasteiger charge is -2.37. The number of hydrogen-bond donors (Lipinski definition) is 0. The van der Waals surface area contributed by atoms with Gasteiger partial charge in [0.25, 0.3) is 0 Å². The Bertz CT molecular complexity index is 476. The van der Waals surface area contributed by atoms with Crippen molar-refractivity contribution in [2.75, 3.05) is 13.6 Å². The third-order valence-corrected chi connectivity index (χ3v) is 3.72. The van der Waals surface area contributed by atoms with E-state index in [1.807, 2.05) is 12.1 Å². The van der Waals surface area contributed by atoms with Crippen molar-refractivity contribution >= 4 is 5.70 Å². The highest BCUT2D eigenvalue weighted by molar-refractivity contribution is 5.71. The van der Waals surface area contributed by atoms with E-state index in [9.17, 15) is 0 Å². The minimum atomic E-state index is 0.218. The Morgan fingerprint density at radius 2 is 2.00 bits per heavy atom. The fourth-order valence-corrected chi connectivity index (χ4v) is 2.68. The molecule has 0 N–H and O–H groups in total. The van der Waals surface area contributed by atoms with Crippen molar-refractivity contribution in [1.29, 1.82) is 0 Å². The maximum atomic E-state index is 4.51. The zero-order valence-electron chi connectivity index (χ0n) is 10.6. The third kappa shape index (κ3) is 1.62. The molecule has 0 spiro atoms. The van der Waals surface area contributed by atoms with Crippen LogP contribution in [-0.4, -0.2) is 23.6 Å². The van der Waals surface area contributed by atoms with Crippen LogP contribution in [0, 0.1) is 0 Å². The van der Waals surface area contributed by atoms with Gasteiger partial charge in [0.2, 0.25) is 0 Å². The molecular weight excluding hydrogens is 210 g/mol. The first-order chi connectivity index (χ1) is 8.08. The first kappa shape index (κ1) is 10.7. The lowest BCUT2D eigenvalue weighted by molar-refractivity contribution is 0.364. The van der Waals surface area contributed by atoms with E-state index in [2.05, 4.69) is 54.9 Å². The van der Waals surface area contributed by atoms with Crippen LogP contribution in [0.5, 0.6) is 0 Å². The molecule has 0 aromatic heterocycles. The summed E-state index contributed by atoms with van der Waals surface area (Å²) in [4.78, 5) is 0. The van der Waals surface area contributed by atoms with Crippen LogP contribution in [0.1, 0.15) is 31.4 Å². The van der Waals surface area contributed by atoms with Crippen LogP contribution in [0.15, 0.2) is 30.5 Å². The molecule has 3 rings (SSSR count). The Balaban J connectivity index is 2.18. The third-order valence-electron chi connectivity index (χ3n) is 3.72. The largest absolute Gasteiger partial charge is 0.475 e. The van der Waals surface area contributed by atoms with E-state index >= 15 is 0 Å². The highest BCUT2D eigenvalue weighted by atomic mass is 15.8. The summed E-state index contributed by atoms with van der Waals surface area (Å²) < 4.78 is 0. The van der Waals surface area contributed by atoms with Gasteiger partial charge in [-0.25, -0.2) is 0 Å². The lowest BCUT2D eigenvalue weighted by atomic mass is 9.79. The Kier molecular flexibility index (Phi) is 2.20. The molecular formula is C14H18N3-. The predicted octanol–water partition coefficient (Wildman–Crippen LogP) is 3.12. The van der Waals surface area contributed by atoms with Gasteiger partial charge < -0.3 is 15.6 Å². The van der Waals surface area contributed by atoms with Crippen molar-refractivity contribution in [3.63, 3.8) is 0 Å². The van der Waals surface area contributed by atoms with Gasteiger partial charge in [0.05, 0.1) is 0 Å². The van der Waals surface area contributed by atoms with Gasteiger partial charge in [0.1, 0.15) is 0 Å². The topological polar surface area (TPSA) is 20.6 Å². The van der Waals surface area contributed by atoms with E-state index in [-0.39, 0.29) is 5.41 Å². The summed E-state index contributed by atoms with van der Waals surface area (Å²) in [5.74, 6) is 0. The van der Waals surface area contributed by atoms with Gasteiger partial charge in [-0.05, 0) is 24.4 Å². The first-order valence-electron chi connectivity index (χ1n) is 6.11. The number of nitrogens with zero attached hydrogens (tertiary/aromatic N) is 3. The summed E-state index contributed by atoms with van der Waals surface area (Å²) in [6.07, 6.45) is 3.24. The van der Waals surface area contributed by atoms with Crippen LogP contribution < -0.4 is 0 Å². The Morgan fingerprint density at radius 1 is 1.24 bits per heavy atom. The van der Waals surface area contributed by atoms with Crippen molar-refractivity contribution in [2.24, 2.45) is 0 Å². The average molecular weight is 228 g/mol. The number of hydrogen-bond acceptors (Lipinski definition) is 2. The molecule has 0 unspecified atom stereocenters. The van der Waals surface area contributed by atoms with Gasteiger partial charge >= 0.3 is 0 Å². The predicted molar refractivity (Wildman–Crippen MR) is 69.9 cm³/mol. The molecule has 0 bridgehead atoms. The molecule has 2 aliphatic heterocycles. The zero-order chi connectivity index (χ0) is 12.0. The number of rotatable bonds is 0. The molecule has 3 heteroatoms. The molecule has 3 nitrogen and oxygen atoms in total. The van der Waals surface area contributed by atoms with Gasteiger partial charge in [-0.2, -0.15) is 0 Å². The SMILES string of the molecule is CN1C=C2c3ccccc3C(C)(C)CCN2[N-]1. The molecule has 2 heterocycles. The molecule has 2 aliphatic rings. The van der Waals surface area contributed by atoms with Crippen LogP contribution in [0.3, 0.4) is 0 Å². The molecule has 0 aliphatic carbocycles.